The van der Waals surface area contributed by atoms with Crippen LogP contribution in [0.4, 0.5) is 0 Å². The second kappa shape index (κ2) is 10.2. The largest absolute Gasteiger partial charge is 0.493 e. The Morgan fingerprint density at radius 3 is 2.25 bits per heavy atom. The molecule has 2 rings (SSSR count). The van der Waals surface area contributed by atoms with Crippen molar-refractivity contribution in [3.8, 4) is 17.2 Å². The van der Waals surface area contributed by atoms with Crippen LogP contribution >= 0.6 is 0 Å². The third-order valence-electron chi connectivity index (χ3n) is 5.46. The molecule has 0 spiro atoms. The van der Waals surface area contributed by atoms with Crippen molar-refractivity contribution in [2.24, 2.45) is 0 Å². The van der Waals surface area contributed by atoms with Crippen molar-refractivity contribution < 1.29 is 19.0 Å². The molecule has 0 radical (unpaired) electrons. The third-order valence-corrected chi connectivity index (χ3v) is 5.46. The third kappa shape index (κ3) is 4.89. The van der Waals surface area contributed by atoms with Crippen molar-refractivity contribution in [2.75, 3.05) is 28.4 Å². The Morgan fingerprint density at radius 2 is 1.79 bits per heavy atom. The van der Waals surface area contributed by atoms with Crippen LogP contribution in [0.25, 0.3) is 0 Å². The molecule has 0 aromatic heterocycles. The predicted molar refractivity (Wildman–Crippen MR) is 112 cm³/mol. The quantitative estimate of drug-likeness (QED) is 0.615. The average Bonchev–Trinajstić information content (AvgIpc) is 2.73. The number of benzene rings is 1. The highest BCUT2D eigenvalue weighted by Crippen LogP contribution is 2.41. The highest BCUT2D eigenvalue weighted by Gasteiger charge is 2.28. The summed E-state index contributed by atoms with van der Waals surface area (Å²) in [6.07, 6.45) is 10.2. The van der Waals surface area contributed by atoms with Gasteiger partial charge in [0.25, 0.3) is 0 Å². The fourth-order valence-corrected chi connectivity index (χ4v) is 3.66. The van der Waals surface area contributed by atoms with E-state index in [0.717, 1.165) is 24.8 Å². The lowest BCUT2D eigenvalue weighted by molar-refractivity contribution is -0.133. The summed E-state index contributed by atoms with van der Waals surface area (Å²) in [4.78, 5) is 15.2. The van der Waals surface area contributed by atoms with E-state index in [0.29, 0.717) is 23.7 Å². The standard InChI is InChI=1S/C23H33NO4/c1-7-19(18-14-20(26-4)22(28-6)21(15-18)27-5)23(25)24(3)16(2)13-17-11-9-8-10-12-17/h8-9,11,14-16,19H,7,10,12-13H2,1-6H3. The molecule has 0 N–H and O–H groups in total. The maximum atomic E-state index is 13.3. The van der Waals surface area contributed by atoms with Gasteiger partial charge in [0.2, 0.25) is 11.7 Å². The molecule has 1 aromatic carbocycles. The number of hydrogen-bond acceptors (Lipinski definition) is 4. The molecule has 28 heavy (non-hydrogen) atoms. The zero-order valence-electron chi connectivity index (χ0n) is 18.0. The summed E-state index contributed by atoms with van der Waals surface area (Å²) >= 11 is 0. The van der Waals surface area contributed by atoms with Crippen LogP contribution in [0.5, 0.6) is 17.2 Å². The molecule has 2 atom stereocenters. The lowest BCUT2D eigenvalue weighted by Gasteiger charge is -2.30. The Balaban J connectivity index is 2.24. The number of carbonyl (C=O) groups excluding carboxylic acids is 1. The second-order valence-electron chi connectivity index (χ2n) is 7.21. The van der Waals surface area contributed by atoms with Gasteiger partial charge in [0.1, 0.15) is 0 Å². The van der Waals surface area contributed by atoms with Crippen LogP contribution in [-0.4, -0.2) is 45.2 Å². The number of nitrogens with zero attached hydrogens (tertiary/aromatic N) is 1. The Kier molecular flexibility index (Phi) is 7.97. The molecule has 0 saturated heterocycles. The minimum absolute atomic E-state index is 0.108. The first kappa shape index (κ1) is 21.9. The van der Waals surface area contributed by atoms with Gasteiger partial charge >= 0.3 is 0 Å². The molecule has 0 heterocycles. The van der Waals surface area contributed by atoms with E-state index in [2.05, 4.69) is 25.2 Å². The lowest BCUT2D eigenvalue weighted by Crippen LogP contribution is -2.38. The molecular formula is C23H33NO4. The van der Waals surface area contributed by atoms with Gasteiger partial charge in [-0.3, -0.25) is 4.79 Å². The highest BCUT2D eigenvalue weighted by atomic mass is 16.5. The van der Waals surface area contributed by atoms with Gasteiger partial charge < -0.3 is 19.1 Å². The van der Waals surface area contributed by atoms with E-state index >= 15 is 0 Å². The first-order valence-electron chi connectivity index (χ1n) is 9.87. The van der Waals surface area contributed by atoms with E-state index in [4.69, 9.17) is 14.2 Å². The fourth-order valence-electron chi connectivity index (χ4n) is 3.66. The molecule has 1 aliphatic carbocycles. The molecule has 0 saturated carbocycles. The molecule has 1 aliphatic rings. The number of methoxy groups -OCH3 is 3. The van der Waals surface area contributed by atoms with Crippen LogP contribution in [0.15, 0.2) is 35.9 Å². The first-order valence-corrected chi connectivity index (χ1v) is 9.87. The van der Waals surface area contributed by atoms with Gasteiger partial charge in [-0.1, -0.05) is 30.7 Å². The second-order valence-corrected chi connectivity index (χ2v) is 7.21. The number of likely N-dealkylation sites (N-methyl/N-ethyl adjacent to an activating group) is 1. The summed E-state index contributed by atoms with van der Waals surface area (Å²) in [5.41, 5.74) is 2.27. The van der Waals surface area contributed by atoms with E-state index in [1.54, 1.807) is 21.3 Å². The number of amides is 1. The lowest BCUT2D eigenvalue weighted by atomic mass is 9.92. The Morgan fingerprint density at radius 1 is 1.14 bits per heavy atom. The molecule has 5 nitrogen and oxygen atoms in total. The van der Waals surface area contributed by atoms with Crippen molar-refractivity contribution in [1.29, 1.82) is 0 Å². The normalized spacial score (nSPS) is 15.4. The minimum Gasteiger partial charge on any atom is -0.493 e. The van der Waals surface area contributed by atoms with Crippen molar-refractivity contribution in [1.82, 2.24) is 4.90 Å². The van der Waals surface area contributed by atoms with Crippen molar-refractivity contribution >= 4 is 5.91 Å². The van der Waals surface area contributed by atoms with E-state index in [1.807, 2.05) is 31.0 Å². The number of ether oxygens (including phenoxy) is 3. The summed E-state index contributed by atoms with van der Waals surface area (Å²) in [5, 5.41) is 0. The number of carbonyl (C=O) groups is 1. The van der Waals surface area contributed by atoms with Gasteiger partial charge in [-0.05, 0) is 50.3 Å². The highest BCUT2D eigenvalue weighted by molar-refractivity contribution is 5.84. The van der Waals surface area contributed by atoms with Crippen molar-refractivity contribution in [3.63, 3.8) is 0 Å². The van der Waals surface area contributed by atoms with Gasteiger partial charge in [-0.25, -0.2) is 0 Å². The first-order chi connectivity index (χ1) is 13.5. The molecule has 1 aromatic rings. The van der Waals surface area contributed by atoms with Gasteiger partial charge in [-0.15, -0.1) is 0 Å². The number of hydrogen-bond donors (Lipinski definition) is 0. The maximum absolute atomic E-state index is 13.3. The summed E-state index contributed by atoms with van der Waals surface area (Å²) in [5.74, 6) is 1.52. The monoisotopic (exact) mass is 387 g/mol. The van der Waals surface area contributed by atoms with E-state index in [-0.39, 0.29) is 17.9 Å². The molecule has 1 amide bonds. The van der Waals surface area contributed by atoms with Crippen molar-refractivity contribution in [3.05, 3.63) is 41.5 Å². The minimum atomic E-state index is -0.263. The number of rotatable bonds is 9. The van der Waals surface area contributed by atoms with E-state index in [9.17, 15) is 4.79 Å². The average molecular weight is 388 g/mol. The van der Waals surface area contributed by atoms with Gasteiger partial charge in [0.15, 0.2) is 11.5 Å². The fraction of sp³-hybridized carbons (Fsp3) is 0.522. The van der Waals surface area contributed by atoms with Crippen LogP contribution in [-0.2, 0) is 4.79 Å². The zero-order chi connectivity index (χ0) is 20.7. The van der Waals surface area contributed by atoms with Gasteiger partial charge in [-0.2, -0.15) is 0 Å². The van der Waals surface area contributed by atoms with Crippen LogP contribution in [0.3, 0.4) is 0 Å². The molecular weight excluding hydrogens is 354 g/mol. The predicted octanol–water partition coefficient (Wildman–Crippen LogP) is 4.72. The Hall–Kier alpha value is -2.43. The molecule has 0 bridgehead atoms. The van der Waals surface area contributed by atoms with Gasteiger partial charge in [0, 0.05) is 13.1 Å². The molecule has 154 valence electrons. The summed E-state index contributed by atoms with van der Waals surface area (Å²) in [6.45, 7) is 4.14. The molecule has 2 unspecified atom stereocenters. The molecule has 0 fully saturated rings. The maximum Gasteiger partial charge on any atom is 0.230 e. The molecule has 0 aliphatic heterocycles. The van der Waals surface area contributed by atoms with Gasteiger partial charge in [0.05, 0.1) is 27.2 Å². The Bertz CT molecular complexity index is 713. The number of allylic oxidation sites excluding steroid dienone is 3. The smallest absolute Gasteiger partial charge is 0.230 e. The molecule has 5 heteroatoms. The van der Waals surface area contributed by atoms with E-state index < -0.39 is 0 Å². The van der Waals surface area contributed by atoms with E-state index in [1.165, 1.54) is 5.57 Å². The van der Waals surface area contributed by atoms with Crippen LogP contribution in [0.2, 0.25) is 0 Å². The van der Waals surface area contributed by atoms with Crippen LogP contribution in [0.1, 0.15) is 51.0 Å². The Labute approximate surface area is 169 Å². The summed E-state index contributed by atoms with van der Waals surface area (Å²) in [6, 6.07) is 3.89. The van der Waals surface area contributed by atoms with Crippen molar-refractivity contribution in [2.45, 2.75) is 51.5 Å². The summed E-state index contributed by atoms with van der Waals surface area (Å²) in [7, 11) is 6.65. The van der Waals surface area contributed by atoms with Crippen LogP contribution < -0.4 is 14.2 Å². The summed E-state index contributed by atoms with van der Waals surface area (Å²) < 4.78 is 16.3. The topological polar surface area (TPSA) is 48.0 Å². The SMILES string of the molecule is CCC(C(=O)N(C)C(C)CC1=CC=CCC1)c1cc(OC)c(OC)c(OC)c1. The zero-order valence-corrected chi connectivity index (χ0v) is 18.0. The van der Waals surface area contributed by atoms with Crippen LogP contribution in [0, 0.1) is 0 Å².